The molecule has 2 rings (SSSR count). The summed E-state index contributed by atoms with van der Waals surface area (Å²) < 4.78 is 18.6. The maximum absolute atomic E-state index is 13.9. The zero-order valence-electron chi connectivity index (χ0n) is 12.5. The summed E-state index contributed by atoms with van der Waals surface area (Å²) in [6.45, 7) is 6.07. The van der Waals surface area contributed by atoms with Crippen LogP contribution in [0.25, 0.3) is 0 Å². The van der Waals surface area contributed by atoms with Gasteiger partial charge in [0.15, 0.2) is 0 Å². The van der Waals surface area contributed by atoms with E-state index >= 15 is 0 Å². The summed E-state index contributed by atoms with van der Waals surface area (Å²) in [5.41, 5.74) is 1.76. The maximum Gasteiger partial charge on any atom is 0.337 e. The van der Waals surface area contributed by atoms with E-state index in [2.05, 4.69) is 16.1 Å². The summed E-state index contributed by atoms with van der Waals surface area (Å²) in [4.78, 5) is 13.9. The van der Waals surface area contributed by atoms with Crippen molar-refractivity contribution in [3.63, 3.8) is 0 Å². The SMILES string of the molecule is COC(=O)c1ccc(F)c(NC(C)c2cc(C)sc2C)c1. The predicted octanol–water partition coefficient (Wildman–Crippen LogP) is 4.46. The van der Waals surface area contributed by atoms with Gasteiger partial charge in [-0.1, -0.05) is 0 Å². The number of carbonyl (C=O) groups is 1. The molecular weight excluding hydrogens is 289 g/mol. The smallest absolute Gasteiger partial charge is 0.337 e. The average molecular weight is 307 g/mol. The number of rotatable bonds is 4. The Morgan fingerprint density at radius 2 is 2.05 bits per heavy atom. The van der Waals surface area contributed by atoms with Crippen LogP contribution in [0.1, 0.15) is 38.6 Å². The summed E-state index contributed by atoms with van der Waals surface area (Å²) in [6, 6.07) is 6.22. The normalized spacial score (nSPS) is 12.0. The molecule has 1 heterocycles. The minimum absolute atomic E-state index is 0.0441. The monoisotopic (exact) mass is 307 g/mol. The average Bonchev–Trinajstić information content (AvgIpc) is 2.79. The van der Waals surface area contributed by atoms with Gasteiger partial charge in [0.2, 0.25) is 0 Å². The molecular formula is C16H18FNO2S. The third-order valence-electron chi connectivity index (χ3n) is 3.31. The molecule has 2 aromatic rings. The van der Waals surface area contributed by atoms with Crippen molar-refractivity contribution in [2.75, 3.05) is 12.4 Å². The van der Waals surface area contributed by atoms with Crippen LogP contribution in [0.2, 0.25) is 0 Å². The molecule has 112 valence electrons. The molecule has 0 amide bonds. The highest BCUT2D eigenvalue weighted by Gasteiger charge is 2.15. The first-order valence-electron chi connectivity index (χ1n) is 6.63. The molecule has 0 bridgehead atoms. The number of benzene rings is 1. The lowest BCUT2D eigenvalue weighted by Gasteiger charge is -2.16. The fourth-order valence-corrected chi connectivity index (χ4v) is 3.29. The molecule has 0 aliphatic rings. The van der Waals surface area contributed by atoms with Crippen LogP contribution in [0, 0.1) is 19.7 Å². The largest absolute Gasteiger partial charge is 0.465 e. The third kappa shape index (κ3) is 3.42. The quantitative estimate of drug-likeness (QED) is 0.847. The van der Waals surface area contributed by atoms with Crippen molar-refractivity contribution in [3.8, 4) is 0 Å². The second kappa shape index (κ2) is 6.26. The minimum atomic E-state index is -0.478. The van der Waals surface area contributed by atoms with Crippen LogP contribution in [-0.4, -0.2) is 13.1 Å². The number of ether oxygens (including phenoxy) is 1. The van der Waals surface area contributed by atoms with E-state index in [1.54, 1.807) is 11.3 Å². The zero-order valence-corrected chi connectivity index (χ0v) is 13.3. The first-order chi connectivity index (χ1) is 9.92. The lowest BCUT2D eigenvalue weighted by molar-refractivity contribution is 0.0600. The Morgan fingerprint density at radius 3 is 2.62 bits per heavy atom. The van der Waals surface area contributed by atoms with Crippen LogP contribution in [0.4, 0.5) is 10.1 Å². The summed E-state index contributed by atoms with van der Waals surface area (Å²) in [5.74, 6) is -0.868. The van der Waals surface area contributed by atoms with Gasteiger partial charge in [-0.2, -0.15) is 0 Å². The predicted molar refractivity (Wildman–Crippen MR) is 83.6 cm³/mol. The molecule has 0 saturated carbocycles. The van der Waals surface area contributed by atoms with Crippen LogP contribution in [0.3, 0.4) is 0 Å². The standard InChI is InChI=1S/C16H18FNO2S/c1-9-7-13(11(3)21-9)10(2)18-15-8-12(16(19)20-4)5-6-14(15)17/h5-8,10,18H,1-4H3. The summed E-state index contributed by atoms with van der Waals surface area (Å²) >= 11 is 1.72. The van der Waals surface area contributed by atoms with E-state index in [1.165, 1.54) is 35.1 Å². The van der Waals surface area contributed by atoms with E-state index in [-0.39, 0.29) is 11.9 Å². The minimum Gasteiger partial charge on any atom is -0.465 e. The van der Waals surface area contributed by atoms with Crippen LogP contribution in [-0.2, 0) is 4.74 Å². The first-order valence-corrected chi connectivity index (χ1v) is 7.45. The van der Waals surface area contributed by atoms with Crippen molar-refractivity contribution in [1.82, 2.24) is 0 Å². The number of nitrogens with one attached hydrogen (secondary N) is 1. The Kier molecular flexibility index (Phi) is 4.63. The third-order valence-corrected chi connectivity index (χ3v) is 4.29. The van der Waals surface area contributed by atoms with Gasteiger partial charge in [0, 0.05) is 15.8 Å². The van der Waals surface area contributed by atoms with Crippen LogP contribution in [0.5, 0.6) is 0 Å². The fourth-order valence-electron chi connectivity index (χ4n) is 2.27. The Labute approximate surface area is 127 Å². The zero-order chi connectivity index (χ0) is 15.6. The fraction of sp³-hybridized carbons (Fsp3) is 0.312. The van der Waals surface area contributed by atoms with Crippen LogP contribution in [0.15, 0.2) is 24.3 Å². The van der Waals surface area contributed by atoms with Gasteiger partial charge in [-0.15, -0.1) is 11.3 Å². The molecule has 0 aliphatic heterocycles. The number of methoxy groups -OCH3 is 1. The number of halogens is 1. The molecule has 1 atom stereocenters. The molecule has 1 unspecified atom stereocenters. The molecule has 0 fully saturated rings. The number of carbonyl (C=O) groups excluding carboxylic acids is 1. The van der Waals surface area contributed by atoms with Gasteiger partial charge in [-0.25, -0.2) is 9.18 Å². The van der Waals surface area contributed by atoms with Crippen LogP contribution >= 0.6 is 11.3 Å². The first kappa shape index (κ1) is 15.5. The highest BCUT2D eigenvalue weighted by atomic mass is 32.1. The van der Waals surface area contributed by atoms with Gasteiger partial charge in [0.1, 0.15) is 5.82 Å². The number of hydrogen-bond donors (Lipinski definition) is 1. The Balaban J connectivity index is 2.26. The Bertz CT molecular complexity index is 666. The van der Waals surface area contributed by atoms with Gasteiger partial charge >= 0.3 is 5.97 Å². The van der Waals surface area contributed by atoms with E-state index in [1.807, 2.05) is 20.8 Å². The van der Waals surface area contributed by atoms with Crippen molar-refractivity contribution in [2.45, 2.75) is 26.8 Å². The molecule has 5 heteroatoms. The summed E-state index contributed by atoms with van der Waals surface area (Å²) in [7, 11) is 1.30. The van der Waals surface area contributed by atoms with E-state index in [0.29, 0.717) is 11.3 Å². The lowest BCUT2D eigenvalue weighted by atomic mass is 10.1. The summed E-state index contributed by atoms with van der Waals surface area (Å²) in [6.07, 6.45) is 0. The van der Waals surface area contributed by atoms with Crippen molar-refractivity contribution in [2.24, 2.45) is 0 Å². The Hall–Kier alpha value is -1.88. The van der Waals surface area contributed by atoms with Crippen molar-refractivity contribution in [1.29, 1.82) is 0 Å². The van der Waals surface area contributed by atoms with Crippen molar-refractivity contribution < 1.29 is 13.9 Å². The van der Waals surface area contributed by atoms with Gasteiger partial charge in [-0.3, -0.25) is 0 Å². The molecule has 0 aliphatic carbocycles. The van der Waals surface area contributed by atoms with Gasteiger partial charge < -0.3 is 10.1 Å². The number of anilines is 1. The Morgan fingerprint density at radius 1 is 1.33 bits per heavy atom. The molecule has 1 aromatic heterocycles. The molecule has 1 aromatic carbocycles. The van der Waals surface area contributed by atoms with E-state index in [9.17, 15) is 9.18 Å². The highest BCUT2D eigenvalue weighted by molar-refractivity contribution is 7.12. The molecule has 1 N–H and O–H groups in total. The van der Waals surface area contributed by atoms with Crippen molar-refractivity contribution in [3.05, 3.63) is 51.0 Å². The second-order valence-electron chi connectivity index (χ2n) is 4.92. The van der Waals surface area contributed by atoms with Gasteiger partial charge in [0.05, 0.1) is 18.4 Å². The molecule has 0 spiro atoms. The number of aryl methyl sites for hydroxylation is 2. The second-order valence-corrected chi connectivity index (χ2v) is 6.38. The van der Waals surface area contributed by atoms with Gasteiger partial charge in [-0.05, 0) is 50.6 Å². The highest BCUT2D eigenvalue weighted by Crippen LogP contribution is 2.29. The van der Waals surface area contributed by atoms with Gasteiger partial charge in [0.25, 0.3) is 0 Å². The van der Waals surface area contributed by atoms with Crippen LogP contribution < -0.4 is 5.32 Å². The lowest BCUT2D eigenvalue weighted by Crippen LogP contribution is -2.10. The van der Waals surface area contributed by atoms with Crippen molar-refractivity contribution >= 4 is 23.0 Å². The van der Waals surface area contributed by atoms with E-state index in [0.717, 1.165) is 5.56 Å². The van der Waals surface area contributed by atoms with E-state index in [4.69, 9.17) is 0 Å². The summed E-state index contributed by atoms with van der Waals surface area (Å²) in [5, 5.41) is 3.12. The number of thiophene rings is 1. The number of hydrogen-bond acceptors (Lipinski definition) is 4. The molecule has 21 heavy (non-hydrogen) atoms. The maximum atomic E-state index is 13.9. The molecule has 0 saturated heterocycles. The number of esters is 1. The topological polar surface area (TPSA) is 38.3 Å². The molecule has 0 radical (unpaired) electrons. The molecule has 3 nitrogen and oxygen atoms in total. The van der Waals surface area contributed by atoms with E-state index < -0.39 is 5.97 Å².